The second-order valence-electron chi connectivity index (χ2n) is 5.12. The fourth-order valence-corrected chi connectivity index (χ4v) is 3.34. The van der Waals surface area contributed by atoms with E-state index in [0.717, 1.165) is 43.2 Å². The minimum absolute atomic E-state index is 0.639. The average molecular weight is 282 g/mol. The lowest BCUT2D eigenvalue weighted by atomic mass is 10.4. The monoisotopic (exact) mass is 282 g/mol. The van der Waals surface area contributed by atoms with Gasteiger partial charge < -0.3 is 9.64 Å². The van der Waals surface area contributed by atoms with Gasteiger partial charge in [0.1, 0.15) is 0 Å². The van der Waals surface area contributed by atoms with Gasteiger partial charge in [-0.15, -0.1) is 10.2 Å². The highest BCUT2D eigenvalue weighted by molar-refractivity contribution is 7.99. The first kappa shape index (κ1) is 13.2. The van der Waals surface area contributed by atoms with Crippen molar-refractivity contribution in [2.45, 2.75) is 43.8 Å². The molecule has 1 aromatic heterocycles. The fraction of sp³-hybridized carbons (Fsp3) is 0.846. The summed E-state index contributed by atoms with van der Waals surface area (Å²) in [6.07, 6.45) is 5.12. The van der Waals surface area contributed by atoms with Crippen molar-refractivity contribution in [2.75, 3.05) is 37.0 Å². The third-order valence-electron chi connectivity index (χ3n) is 3.61. The Morgan fingerprint density at radius 3 is 2.74 bits per heavy atom. The first-order valence-electron chi connectivity index (χ1n) is 7.30. The SMILES string of the molecule is CCOCCSc1nnc(N2CCCC2)n1C1CC1. The van der Waals surface area contributed by atoms with Gasteiger partial charge in [0.15, 0.2) is 5.16 Å². The molecule has 3 rings (SSSR count). The number of ether oxygens (including phenoxy) is 1. The van der Waals surface area contributed by atoms with Crippen molar-refractivity contribution in [1.29, 1.82) is 0 Å². The van der Waals surface area contributed by atoms with E-state index in [0.29, 0.717) is 6.04 Å². The molecule has 2 aliphatic rings. The van der Waals surface area contributed by atoms with Crippen LogP contribution in [0.1, 0.15) is 38.6 Å². The molecule has 0 bridgehead atoms. The van der Waals surface area contributed by atoms with E-state index in [-0.39, 0.29) is 0 Å². The molecule has 0 radical (unpaired) electrons. The first-order chi connectivity index (χ1) is 9.40. The highest BCUT2D eigenvalue weighted by Gasteiger charge is 2.32. The lowest BCUT2D eigenvalue weighted by molar-refractivity contribution is 0.164. The van der Waals surface area contributed by atoms with Gasteiger partial charge in [-0.3, -0.25) is 4.57 Å². The predicted molar refractivity (Wildman–Crippen MR) is 77.0 cm³/mol. The van der Waals surface area contributed by atoms with Gasteiger partial charge in [0.05, 0.1) is 6.61 Å². The summed E-state index contributed by atoms with van der Waals surface area (Å²) in [6, 6.07) is 0.639. The summed E-state index contributed by atoms with van der Waals surface area (Å²) in [6.45, 7) is 5.87. The first-order valence-corrected chi connectivity index (χ1v) is 8.29. The second kappa shape index (κ2) is 6.13. The summed E-state index contributed by atoms with van der Waals surface area (Å²) in [7, 11) is 0. The van der Waals surface area contributed by atoms with E-state index in [4.69, 9.17) is 4.74 Å². The molecule has 19 heavy (non-hydrogen) atoms. The normalized spacial score (nSPS) is 19.3. The van der Waals surface area contributed by atoms with Crippen molar-refractivity contribution in [3.05, 3.63) is 0 Å². The largest absolute Gasteiger partial charge is 0.381 e. The molecule has 1 aromatic rings. The van der Waals surface area contributed by atoms with Crippen molar-refractivity contribution in [2.24, 2.45) is 0 Å². The van der Waals surface area contributed by atoms with E-state index < -0.39 is 0 Å². The molecule has 0 spiro atoms. The zero-order valence-corrected chi connectivity index (χ0v) is 12.4. The standard InChI is InChI=1S/C13H22N4OS/c1-2-18-9-10-19-13-15-14-12(16-7-3-4-8-16)17(13)11-5-6-11/h11H,2-10H2,1H3. The summed E-state index contributed by atoms with van der Waals surface area (Å²) < 4.78 is 7.75. The van der Waals surface area contributed by atoms with Crippen molar-refractivity contribution in [3.63, 3.8) is 0 Å². The van der Waals surface area contributed by atoms with Crippen molar-refractivity contribution >= 4 is 17.7 Å². The van der Waals surface area contributed by atoms with Crippen LogP contribution in [0.5, 0.6) is 0 Å². The Morgan fingerprint density at radius 2 is 2.05 bits per heavy atom. The van der Waals surface area contributed by atoms with Gasteiger partial charge in [0.2, 0.25) is 5.95 Å². The van der Waals surface area contributed by atoms with Gasteiger partial charge in [0, 0.05) is 31.5 Å². The highest BCUT2D eigenvalue weighted by atomic mass is 32.2. The van der Waals surface area contributed by atoms with Crippen LogP contribution in [0, 0.1) is 0 Å². The van der Waals surface area contributed by atoms with Crippen LogP contribution in [0.15, 0.2) is 5.16 Å². The Hall–Kier alpha value is -0.750. The lowest BCUT2D eigenvalue weighted by Gasteiger charge is -2.17. The number of anilines is 1. The number of aromatic nitrogens is 3. The molecule has 5 nitrogen and oxygen atoms in total. The number of hydrogen-bond acceptors (Lipinski definition) is 5. The Bertz CT molecular complexity index is 413. The zero-order valence-electron chi connectivity index (χ0n) is 11.5. The Labute approximate surface area is 118 Å². The molecule has 0 aromatic carbocycles. The Balaban J connectivity index is 1.69. The smallest absolute Gasteiger partial charge is 0.228 e. The van der Waals surface area contributed by atoms with E-state index in [1.807, 2.05) is 6.92 Å². The van der Waals surface area contributed by atoms with E-state index >= 15 is 0 Å². The predicted octanol–water partition coefficient (Wildman–Crippen LogP) is 2.34. The minimum Gasteiger partial charge on any atom is -0.381 e. The van der Waals surface area contributed by atoms with Crippen LogP contribution in [-0.4, -0.2) is 46.8 Å². The lowest BCUT2D eigenvalue weighted by Crippen LogP contribution is -2.22. The molecule has 1 saturated heterocycles. The van der Waals surface area contributed by atoms with Crippen LogP contribution in [-0.2, 0) is 4.74 Å². The number of thioether (sulfide) groups is 1. The van der Waals surface area contributed by atoms with Crippen LogP contribution >= 0.6 is 11.8 Å². The van der Waals surface area contributed by atoms with Crippen LogP contribution in [0.25, 0.3) is 0 Å². The van der Waals surface area contributed by atoms with E-state index in [2.05, 4.69) is 19.7 Å². The van der Waals surface area contributed by atoms with E-state index in [9.17, 15) is 0 Å². The third kappa shape index (κ3) is 3.05. The van der Waals surface area contributed by atoms with Gasteiger partial charge in [-0.1, -0.05) is 11.8 Å². The highest BCUT2D eigenvalue weighted by Crippen LogP contribution is 2.41. The minimum atomic E-state index is 0.639. The molecule has 0 amide bonds. The summed E-state index contributed by atoms with van der Waals surface area (Å²) in [5.74, 6) is 2.05. The number of rotatable bonds is 7. The summed E-state index contributed by atoms with van der Waals surface area (Å²) in [5.41, 5.74) is 0. The maximum Gasteiger partial charge on any atom is 0.228 e. The number of nitrogens with zero attached hydrogens (tertiary/aromatic N) is 4. The molecular weight excluding hydrogens is 260 g/mol. The van der Waals surface area contributed by atoms with Crippen molar-refractivity contribution in [1.82, 2.24) is 14.8 Å². The summed E-state index contributed by atoms with van der Waals surface area (Å²) >= 11 is 1.77. The molecule has 0 atom stereocenters. The van der Waals surface area contributed by atoms with Crippen molar-refractivity contribution < 1.29 is 4.74 Å². The molecule has 1 aliphatic heterocycles. The molecule has 2 fully saturated rings. The molecule has 0 unspecified atom stereocenters. The molecular formula is C13H22N4OS. The van der Waals surface area contributed by atoms with Gasteiger partial charge in [0.25, 0.3) is 0 Å². The maximum atomic E-state index is 5.39. The summed E-state index contributed by atoms with van der Waals surface area (Å²) in [5, 5.41) is 9.91. The zero-order chi connectivity index (χ0) is 13.1. The molecule has 106 valence electrons. The molecule has 1 aliphatic carbocycles. The Morgan fingerprint density at radius 1 is 1.26 bits per heavy atom. The van der Waals surface area contributed by atoms with Gasteiger partial charge in [-0.2, -0.15) is 0 Å². The van der Waals surface area contributed by atoms with Crippen LogP contribution in [0.4, 0.5) is 5.95 Å². The van der Waals surface area contributed by atoms with Crippen LogP contribution in [0.3, 0.4) is 0 Å². The van der Waals surface area contributed by atoms with Crippen molar-refractivity contribution in [3.8, 4) is 0 Å². The maximum absolute atomic E-state index is 5.39. The second-order valence-corrected chi connectivity index (χ2v) is 6.19. The van der Waals surface area contributed by atoms with Crippen LogP contribution in [0.2, 0.25) is 0 Å². The van der Waals surface area contributed by atoms with Gasteiger partial charge in [-0.25, -0.2) is 0 Å². The van der Waals surface area contributed by atoms with E-state index in [1.165, 1.54) is 25.7 Å². The van der Waals surface area contributed by atoms with Crippen LogP contribution < -0.4 is 4.90 Å². The average Bonchev–Trinajstić information content (AvgIpc) is 2.96. The van der Waals surface area contributed by atoms with Gasteiger partial charge in [-0.05, 0) is 32.6 Å². The summed E-state index contributed by atoms with van der Waals surface area (Å²) in [4.78, 5) is 2.39. The third-order valence-corrected chi connectivity index (χ3v) is 4.52. The fourth-order valence-electron chi connectivity index (χ4n) is 2.49. The molecule has 0 N–H and O–H groups in total. The number of hydrogen-bond donors (Lipinski definition) is 0. The quantitative estimate of drug-likeness (QED) is 0.567. The molecule has 1 saturated carbocycles. The molecule has 6 heteroatoms. The topological polar surface area (TPSA) is 43.2 Å². The van der Waals surface area contributed by atoms with E-state index in [1.54, 1.807) is 11.8 Å². The Kier molecular flexibility index (Phi) is 4.28. The molecule has 2 heterocycles. The van der Waals surface area contributed by atoms with Gasteiger partial charge >= 0.3 is 0 Å².